The Bertz CT molecular complexity index is 672. The molecule has 0 aliphatic carbocycles. The van der Waals surface area contributed by atoms with Crippen molar-refractivity contribution in [2.24, 2.45) is 0 Å². The van der Waals surface area contributed by atoms with E-state index < -0.39 is 18.0 Å². The normalized spacial score (nSPS) is 11.6. The Morgan fingerprint density at radius 1 is 1.33 bits per heavy atom. The van der Waals surface area contributed by atoms with Crippen LogP contribution in [0.4, 0.5) is 13.2 Å². The van der Waals surface area contributed by atoms with Gasteiger partial charge >= 0.3 is 12.1 Å². The maximum Gasteiger partial charge on any atom is 0.453 e. The molecule has 0 aliphatic heterocycles. The number of carbonyl (C=O) groups is 1. The predicted octanol–water partition coefficient (Wildman–Crippen LogP) is 2.00. The molecule has 0 saturated carbocycles. The van der Waals surface area contributed by atoms with E-state index in [-0.39, 0.29) is 16.5 Å². The molecule has 6 nitrogen and oxygen atoms in total. The summed E-state index contributed by atoms with van der Waals surface area (Å²) in [6, 6.07) is 6.17. The van der Waals surface area contributed by atoms with E-state index in [1.807, 2.05) is 0 Å². The van der Waals surface area contributed by atoms with E-state index in [1.54, 1.807) is 18.2 Å². The van der Waals surface area contributed by atoms with Crippen molar-refractivity contribution in [2.75, 3.05) is 5.84 Å². The molecule has 0 saturated heterocycles. The second-order valence-electron chi connectivity index (χ2n) is 3.92. The largest absolute Gasteiger partial charge is 0.478 e. The SMILES string of the molecule is Nn1c(SCc2ccccc2C(=O)O)nnc1C(F)(F)F. The summed E-state index contributed by atoms with van der Waals surface area (Å²) in [6.45, 7) is 0. The third kappa shape index (κ3) is 3.27. The Balaban J connectivity index is 2.18. The number of benzene rings is 1. The van der Waals surface area contributed by atoms with Crippen molar-refractivity contribution >= 4 is 17.7 Å². The average molecular weight is 318 g/mol. The molecule has 2 rings (SSSR count). The number of nitrogens with two attached hydrogens (primary N) is 1. The number of nitrogens with zero attached hydrogens (tertiary/aromatic N) is 3. The Morgan fingerprint density at radius 3 is 2.57 bits per heavy atom. The smallest absolute Gasteiger partial charge is 0.453 e. The van der Waals surface area contributed by atoms with Gasteiger partial charge in [-0.3, -0.25) is 0 Å². The zero-order valence-electron chi connectivity index (χ0n) is 10.3. The molecule has 0 bridgehead atoms. The van der Waals surface area contributed by atoms with Gasteiger partial charge in [0, 0.05) is 5.75 Å². The molecule has 0 amide bonds. The van der Waals surface area contributed by atoms with Gasteiger partial charge in [0.05, 0.1) is 5.56 Å². The van der Waals surface area contributed by atoms with Crippen LogP contribution in [0.2, 0.25) is 0 Å². The van der Waals surface area contributed by atoms with Gasteiger partial charge in [-0.15, -0.1) is 10.2 Å². The van der Waals surface area contributed by atoms with Crippen LogP contribution in [0.15, 0.2) is 29.4 Å². The Kier molecular flexibility index (Phi) is 4.07. The van der Waals surface area contributed by atoms with Crippen LogP contribution in [-0.2, 0) is 11.9 Å². The van der Waals surface area contributed by atoms with Gasteiger partial charge in [0.15, 0.2) is 0 Å². The van der Waals surface area contributed by atoms with Gasteiger partial charge in [0.25, 0.3) is 5.82 Å². The van der Waals surface area contributed by atoms with Gasteiger partial charge in [0.1, 0.15) is 0 Å². The second kappa shape index (κ2) is 5.64. The number of rotatable bonds is 4. The molecule has 1 heterocycles. The minimum Gasteiger partial charge on any atom is -0.478 e. The lowest BCUT2D eigenvalue weighted by molar-refractivity contribution is -0.146. The van der Waals surface area contributed by atoms with Crippen molar-refractivity contribution in [3.63, 3.8) is 0 Å². The van der Waals surface area contributed by atoms with Crippen LogP contribution in [0.5, 0.6) is 0 Å². The minimum atomic E-state index is -4.69. The molecule has 1 aromatic carbocycles. The number of thioether (sulfide) groups is 1. The number of aromatic nitrogens is 3. The number of hydrogen-bond acceptors (Lipinski definition) is 5. The first-order chi connectivity index (χ1) is 9.80. The van der Waals surface area contributed by atoms with Crippen LogP contribution >= 0.6 is 11.8 Å². The first-order valence-electron chi connectivity index (χ1n) is 5.52. The van der Waals surface area contributed by atoms with Gasteiger partial charge in [0.2, 0.25) is 5.16 Å². The van der Waals surface area contributed by atoms with E-state index in [2.05, 4.69) is 10.2 Å². The molecule has 10 heteroatoms. The number of halogens is 3. The summed E-state index contributed by atoms with van der Waals surface area (Å²) >= 11 is 0.870. The molecule has 0 aliphatic rings. The van der Waals surface area contributed by atoms with Gasteiger partial charge < -0.3 is 10.9 Å². The maximum atomic E-state index is 12.5. The van der Waals surface area contributed by atoms with Crippen LogP contribution < -0.4 is 5.84 Å². The summed E-state index contributed by atoms with van der Waals surface area (Å²) in [5.41, 5.74) is 0.524. The molecule has 2 aromatic rings. The Morgan fingerprint density at radius 2 is 2.00 bits per heavy atom. The molecule has 1 aromatic heterocycles. The average Bonchev–Trinajstić information content (AvgIpc) is 2.77. The molecule has 0 radical (unpaired) electrons. The van der Waals surface area contributed by atoms with Crippen molar-refractivity contribution in [2.45, 2.75) is 17.1 Å². The molecule has 0 unspecified atom stereocenters. The highest BCUT2D eigenvalue weighted by atomic mass is 32.2. The summed E-state index contributed by atoms with van der Waals surface area (Å²) in [7, 11) is 0. The molecular weight excluding hydrogens is 309 g/mol. The summed E-state index contributed by atoms with van der Waals surface area (Å²) < 4.78 is 37.9. The standard InChI is InChI=1S/C11H9F3N4O2S/c12-11(13,14)9-16-17-10(18(9)15)21-5-6-3-1-2-4-7(6)8(19)20/h1-4H,5,15H2,(H,19,20). The van der Waals surface area contributed by atoms with Crippen molar-refractivity contribution in [3.8, 4) is 0 Å². The highest BCUT2D eigenvalue weighted by Gasteiger charge is 2.38. The van der Waals surface area contributed by atoms with Crippen LogP contribution in [-0.4, -0.2) is 25.9 Å². The van der Waals surface area contributed by atoms with Gasteiger partial charge in [-0.25, -0.2) is 9.47 Å². The number of carboxylic acid groups (broad SMARTS) is 1. The summed E-state index contributed by atoms with van der Waals surface area (Å²) in [5.74, 6) is 2.97. The molecule has 21 heavy (non-hydrogen) atoms. The van der Waals surface area contributed by atoms with E-state index in [1.165, 1.54) is 6.07 Å². The third-order valence-electron chi connectivity index (χ3n) is 2.52. The van der Waals surface area contributed by atoms with Crippen molar-refractivity contribution in [3.05, 3.63) is 41.2 Å². The van der Waals surface area contributed by atoms with E-state index in [9.17, 15) is 18.0 Å². The lowest BCUT2D eigenvalue weighted by Crippen LogP contribution is -2.21. The van der Waals surface area contributed by atoms with Crippen molar-refractivity contribution in [1.82, 2.24) is 14.9 Å². The first kappa shape index (κ1) is 15.2. The maximum absolute atomic E-state index is 12.5. The Labute approximate surface area is 120 Å². The third-order valence-corrected chi connectivity index (χ3v) is 3.51. The highest BCUT2D eigenvalue weighted by Crippen LogP contribution is 2.30. The van der Waals surface area contributed by atoms with Crippen molar-refractivity contribution < 1.29 is 23.1 Å². The molecular formula is C11H9F3N4O2S. The zero-order valence-corrected chi connectivity index (χ0v) is 11.1. The fraction of sp³-hybridized carbons (Fsp3) is 0.182. The van der Waals surface area contributed by atoms with E-state index in [0.717, 1.165) is 11.8 Å². The van der Waals surface area contributed by atoms with Crippen LogP contribution in [0.1, 0.15) is 21.7 Å². The van der Waals surface area contributed by atoms with Crippen molar-refractivity contribution in [1.29, 1.82) is 0 Å². The second-order valence-corrected chi connectivity index (χ2v) is 4.87. The predicted molar refractivity (Wildman–Crippen MR) is 68.1 cm³/mol. The first-order valence-corrected chi connectivity index (χ1v) is 6.51. The monoisotopic (exact) mass is 318 g/mol. The van der Waals surface area contributed by atoms with Gasteiger partial charge in [-0.1, -0.05) is 30.0 Å². The molecule has 0 fully saturated rings. The van der Waals surface area contributed by atoms with E-state index in [4.69, 9.17) is 10.9 Å². The number of carboxylic acids is 1. The zero-order chi connectivity index (χ0) is 15.6. The minimum absolute atomic E-state index is 0.0733. The number of hydrogen-bond donors (Lipinski definition) is 2. The number of nitrogen functional groups attached to an aromatic ring is 1. The Hall–Kier alpha value is -2.23. The molecule has 3 N–H and O–H groups in total. The van der Waals surface area contributed by atoms with E-state index in [0.29, 0.717) is 10.2 Å². The fourth-order valence-electron chi connectivity index (χ4n) is 1.57. The van der Waals surface area contributed by atoms with Gasteiger partial charge in [-0.2, -0.15) is 13.2 Å². The lowest BCUT2D eigenvalue weighted by atomic mass is 10.1. The quantitative estimate of drug-likeness (QED) is 0.661. The highest BCUT2D eigenvalue weighted by molar-refractivity contribution is 7.98. The summed E-state index contributed by atoms with van der Waals surface area (Å²) in [4.78, 5) is 11.0. The van der Waals surface area contributed by atoms with Crippen LogP contribution in [0, 0.1) is 0 Å². The lowest BCUT2D eigenvalue weighted by Gasteiger charge is -2.07. The molecule has 0 spiro atoms. The molecule has 0 atom stereocenters. The summed E-state index contributed by atoms with van der Waals surface area (Å²) in [6.07, 6.45) is -4.69. The summed E-state index contributed by atoms with van der Waals surface area (Å²) in [5, 5.41) is 15.2. The van der Waals surface area contributed by atoms with Crippen LogP contribution in [0.3, 0.4) is 0 Å². The van der Waals surface area contributed by atoms with Gasteiger partial charge in [-0.05, 0) is 11.6 Å². The number of aromatic carboxylic acids is 1. The molecule has 112 valence electrons. The number of alkyl halides is 3. The topological polar surface area (TPSA) is 94.0 Å². The fourth-order valence-corrected chi connectivity index (χ4v) is 2.43. The van der Waals surface area contributed by atoms with E-state index >= 15 is 0 Å². The van der Waals surface area contributed by atoms with Crippen LogP contribution in [0.25, 0.3) is 0 Å².